The van der Waals surface area contributed by atoms with E-state index in [-0.39, 0.29) is 0 Å². The molecule has 0 unspecified atom stereocenters. The van der Waals surface area contributed by atoms with Crippen LogP contribution >= 0.6 is 23.2 Å². The number of pyridine rings is 1. The Labute approximate surface area is 142 Å². The number of benzene rings is 1. The van der Waals surface area contributed by atoms with Crippen LogP contribution in [-0.2, 0) is 10.2 Å². The van der Waals surface area contributed by atoms with Gasteiger partial charge in [-0.3, -0.25) is 4.79 Å². The van der Waals surface area contributed by atoms with Crippen LogP contribution < -0.4 is 0 Å². The lowest BCUT2D eigenvalue weighted by Crippen LogP contribution is -2.66. The average Bonchev–Trinajstić information content (AvgIpc) is 2.52. The van der Waals surface area contributed by atoms with Gasteiger partial charge in [-0.1, -0.05) is 41.4 Å². The third-order valence-electron chi connectivity index (χ3n) is 4.18. The lowest BCUT2D eigenvalue weighted by atomic mass is 9.65. The Hall–Kier alpha value is -2.11. The summed E-state index contributed by atoms with van der Waals surface area (Å²) in [5, 5.41) is 10.2. The molecule has 2 heterocycles. The van der Waals surface area contributed by atoms with Crippen molar-refractivity contribution in [1.29, 1.82) is 0 Å². The van der Waals surface area contributed by atoms with Crippen LogP contribution in [-0.4, -0.2) is 27.0 Å². The first-order chi connectivity index (χ1) is 10.9. The number of hydrogen-bond donors (Lipinski definition) is 1. The summed E-state index contributed by atoms with van der Waals surface area (Å²) >= 11 is 11.7. The largest absolute Gasteiger partial charge is 0.465 e. The molecule has 0 bridgehead atoms. The Balaban J connectivity index is 2.10. The zero-order valence-electron chi connectivity index (χ0n) is 12.0. The van der Waals surface area contributed by atoms with E-state index in [0.29, 0.717) is 21.3 Å². The van der Waals surface area contributed by atoms with Crippen LogP contribution in [0, 0.1) is 0 Å². The van der Waals surface area contributed by atoms with Gasteiger partial charge in [0.2, 0.25) is 5.91 Å². The van der Waals surface area contributed by atoms with Crippen molar-refractivity contribution in [2.45, 2.75) is 18.4 Å². The molecule has 1 saturated heterocycles. The number of aromatic nitrogens is 1. The number of carbonyl (C=O) groups excluding carboxylic acids is 1. The molecule has 2 atom stereocenters. The highest BCUT2D eigenvalue weighted by Crippen LogP contribution is 2.51. The molecule has 118 valence electrons. The van der Waals surface area contributed by atoms with Gasteiger partial charge in [0, 0.05) is 11.2 Å². The molecule has 0 radical (unpaired) electrons. The van der Waals surface area contributed by atoms with E-state index in [1.807, 2.05) is 0 Å². The fourth-order valence-electron chi connectivity index (χ4n) is 2.98. The highest BCUT2D eigenvalue weighted by atomic mass is 35.5. The summed E-state index contributed by atoms with van der Waals surface area (Å²) in [7, 11) is 0. The van der Waals surface area contributed by atoms with Crippen LogP contribution in [0.3, 0.4) is 0 Å². The van der Waals surface area contributed by atoms with Gasteiger partial charge in [-0.15, -0.1) is 0 Å². The summed E-state index contributed by atoms with van der Waals surface area (Å²) in [6.45, 7) is 1.72. The second-order valence-corrected chi connectivity index (χ2v) is 6.31. The molecule has 1 fully saturated rings. The molecule has 1 aliphatic rings. The van der Waals surface area contributed by atoms with E-state index < -0.39 is 23.5 Å². The number of imide groups is 1. The van der Waals surface area contributed by atoms with Gasteiger partial charge in [-0.25, -0.2) is 14.7 Å². The van der Waals surface area contributed by atoms with Gasteiger partial charge < -0.3 is 5.11 Å². The molecule has 0 spiro atoms. The van der Waals surface area contributed by atoms with Crippen molar-refractivity contribution in [3.8, 4) is 0 Å². The maximum atomic E-state index is 12.5. The van der Waals surface area contributed by atoms with Crippen molar-refractivity contribution >= 4 is 35.2 Å². The second kappa shape index (κ2) is 5.51. The van der Waals surface area contributed by atoms with Gasteiger partial charge in [0.25, 0.3) is 0 Å². The molecule has 5 nitrogen and oxygen atoms in total. The quantitative estimate of drug-likeness (QED) is 0.658. The smallest absolute Gasteiger partial charge is 0.414 e. The first kappa shape index (κ1) is 15.8. The number of rotatable bonds is 2. The second-order valence-electron chi connectivity index (χ2n) is 5.48. The molecular formula is C16H12Cl2N2O3. The Kier molecular flexibility index (Phi) is 3.78. The third kappa shape index (κ3) is 2.36. The zero-order valence-corrected chi connectivity index (χ0v) is 13.5. The minimum atomic E-state index is -1.29. The maximum Gasteiger partial charge on any atom is 0.414 e. The monoisotopic (exact) mass is 350 g/mol. The molecule has 0 saturated carbocycles. The van der Waals surface area contributed by atoms with Crippen LogP contribution in [0.5, 0.6) is 0 Å². The lowest BCUT2D eigenvalue weighted by Gasteiger charge is -2.52. The van der Waals surface area contributed by atoms with Gasteiger partial charge in [-0.05, 0) is 36.2 Å². The normalized spacial score (nSPS) is 23.5. The summed E-state index contributed by atoms with van der Waals surface area (Å²) in [4.78, 5) is 28.8. The minimum absolute atomic E-state index is 0.300. The number of likely N-dealkylation sites (tertiary alicyclic amines) is 1. The molecule has 0 aliphatic carbocycles. The maximum absolute atomic E-state index is 12.5. The zero-order chi connectivity index (χ0) is 16.8. The number of β-lactam (4-membered cyclic amide) rings is 1. The summed E-state index contributed by atoms with van der Waals surface area (Å²) < 4.78 is 0. The SMILES string of the molecule is C[C@@]1(c2ccc(Cl)cc2)C(=O)N(C(=O)O)[C@@H]1c1ccc(Cl)nc1. The molecule has 3 rings (SSSR count). The molecule has 23 heavy (non-hydrogen) atoms. The van der Waals surface area contributed by atoms with Crippen LogP contribution in [0.4, 0.5) is 4.79 Å². The third-order valence-corrected chi connectivity index (χ3v) is 4.66. The van der Waals surface area contributed by atoms with Crippen LogP contribution in [0.2, 0.25) is 10.2 Å². The molecule has 1 aromatic heterocycles. The number of carbonyl (C=O) groups is 2. The van der Waals surface area contributed by atoms with Crippen molar-refractivity contribution in [3.63, 3.8) is 0 Å². The molecule has 1 aromatic carbocycles. The van der Waals surface area contributed by atoms with Crippen LogP contribution in [0.1, 0.15) is 24.1 Å². The molecule has 2 aromatic rings. The summed E-state index contributed by atoms with van der Waals surface area (Å²) in [5.41, 5.74) is 0.302. The van der Waals surface area contributed by atoms with Crippen molar-refractivity contribution in [2.24, 2.45) is 0 Å². The Bertz CT molecular complexity index is 777. The van der Waals surface area contributed by atoms with E-state index in [4.69, 9.17) is 23.2 Å². The number of nitrogens with zero attached hydrogens (tertiary/aromatic N) is 2. The Morgan fingerprint density at radius 2 is 1.87 bits per heavy atom. The van der Waals surface area contributed by atoms with Crippen LogP contribution in [0.15, 0.2) is 42.6 Å². The van der Waals surface area contributed by atoms with Gasteiger partial charge in [0.05, 0.1) is 11.5 Å². The molecule has 7 heteroatoms. The first-order valence-electron chi connectivity index (χ1n) is 6.80. The highest BCUT2D eigenvalue weighted by molar-refractivity contribution is 6.30. The molecule has 2 amide bonds. The van der Waals surface area contributed by atoms with E-state index in [9.17, 15) is 14.7 Å². The fourth-order valence-corrected chi connectivity index (χ4v) is 3.22. The van der Waals surface area contributed by atoms with E-state index in [0.717, 1.165) is 4.90 Å². The molecule has 1 N–H and O–H groups in total. The molecular weight excluding hydrogens is 339 g/mol. The van der Waals surface area contributed by atoms with Crippen LogP contribution in [0.25, 0.3) is 0 Å². The summed E-state index contributed by atoms with van der Waals surface area (Å²) in [6.07, 6.45) is 0.199. The number of amides is 2. The summed E-state index contributed by atoms with van der Waals surface area (Å²) in [6, 6.07) is 9.40. The van der Waals surface area contributed by atoms with Gasteiger partial charge in [-0.2, -0.15) is 0 Å². The highest BCUT2D eigenvalue weighted by Gasteiger charge is 2.61. The summed E-state index contributed by atoms with van der Waals surface area (Å²) in [5.74, 6) is -0.479. The molecule has 1 aliphatic heterocycles. The van der Waals surface area contributed by atoms with Crippen molar-refractivity contribution in [1.82, 2.24) is 9.88 Å². The fraction of sp³-hybridized carbons (Fsp3) is 0.188. The van der Waals surface area contributed by atoms with E-state index >= 15 is 0 Å². The van der Waals surface area contributed by atoms with E-state index in [1.54, 1.807) is 43.3 Å². The van der Waals surface area contributed by atoms with Crippen molar-refractivity contribution in [3.05, 3.63) is 63.9 Å². The first-order valence-corrected chi connectivity index (χ1v) is 7.55. The predicted octanol–water partition coefficient (Wildman–Crippen LogP) is 3.91. The van der Waals surface area contributed by atoms with Crippen molar-refractivity contribution in [2.75, 3.05) is 0 Å². The average molecular weight is 351 g/mol. The van der Waals surface area contributed by atoms with Crippen molar-refractivity contribution < 1.29 is 14.7 Å². The number of hydrogen-bond acceptors (Lipinski definition) is 3. The van der Waals surface area contributed by atoms with Gasteiger partial charge >= 0.3 is 6.09 Å². The standard InChI is InChI=1S/C16H12Cl2N2O3/c1-16(10-3-5-11(17)6-4-10)13(20(14(16)21)15(22)23)9-2-7-12(18)19-8-9/h2-8,13H,1H3,(H,22,23)/t13-,16+/m1/s1. The number of halogens is 2. The van der Waals surface area contributed by atoms with E-state index in [2.05, 4.69) is 4.98 Å². The predicted molar refractivity (Wildman–Crippen MR) is 85.7 cm³/mol. The topological polar surface area (TPSA) is 70.5 Å². The Morgan fingerprint density at radius 3 is 2.39 bits per heavy atom. The van der Waals surface area contributed by atoms with Gasteiger partial charge in [0.15, 0.2) is 0 Å². The number of carboxylic acid groups (broad SMARTS) is 1. The minimum Gasteiger partial charge on any atom is -0.465 e. The Morgan fingerprint density at radius 1 is 1.22 bits per heavy atom. The van der Waals surface area contributed by atoms with Gasteiger partial charge in [0.1, 0.15) is 5.15 Å². The lowest BCUT2D eigenvalue weighted by molar-refractivity contribution is -0.155. The van der Waals surface area contributed by atoms with E-state index in [1.165, 1.54) is 6.20 Å².